The van der Waals surface area contributed by atoms with Gasteiger partial charge in [0.25, 0.3) is 0 Å². The lowest BCUT2D eigenvalue weighted by atomic mass is 9.99. The van der Waals surface area contributed by atoms with Crippen LogP contribution in [0.25, 0.3) is 0 Å². The Kier molecular flexibility index (Phi) is 4.03. The average molecular weight is 287 g/mol. The highest BCUT2D eigenvalue weighted by Gasteiger charge is 2.46. The van der Waals surface area contributed by atoms with Gasteiger partial charge in [0, 0.05) is 19.0 Å². The summed E-state index contributed by atoms with van der Waals surface area (Å²) in [4.78, 5) is 14.3. The van der Waals surface area contributed by atoms with Crippen molar-refractivity contribution in [2.75, 3.05) is 13.1 Å². The van der Waals surface area contributed by atoms with Crippen molar-refractivity contribution in [2.45, 2.75) is 51.0 Å². The molecule has 0 radical (unpaired) electrons. The zero-order chi connectivity index (χ0) is 15.0. The highest BCUT2D eigenvalue weighted by Crippen LogP contribution is 2.48. The first kappa shape index (κ1) is 14.6. The molecule has 3 heteroatoms. The van der Waals surface area contributed by atoms with Gasteiger partial charge in [0.1, 0.15) is 0 Å². The highest BCUT2D eigenvalue weighted by molar-refractivity contribution is 5.83. The number of carbonyl (C=O) groups excluding carboxylic acids is 1. The van der Waals surface area contributed by atoms with E-state index in [0.29, 0.717) is 18.4 Å². The van der Waals surface area contributed by atoms with Crippen LogP contribution in [0.5, 0.6) is 0 Å². The molecule has 1 N–H and O–H groups in total. The lowest BCUT2D eigenvalue weighted by Gasteiger charge is -2.30. The van der Waals surface area contributed by atoms with Gasteiger partial charge in [0.15, 0.2) is 0 Å². The van der Waals surface area contributed by atoms with Crippen LogP contribution in [0.3, 0.4) is 0 Å². The number of amides is 1. The second-order valence-electron chi connectivity index (χ2n) is 6.85. The van der Waals surface area contributed by atoms with Crippen molar-refractivity contribution in [3.05, 3.63) is 35.4 Å². The Morgan fingerprint density at radius 3 is 2.62 bits per heavy atom. The summed E-state index contributed by atoms with van der Waals surface area (Å²) < 4.78 is 0. The summed E-state index contributed by atoms with van der Waals surface area (Å²) in [6, 6.07) is 8.73. The van der Waals surface area contributed by atoms with Gasteiger partial charge >= 0.3 is 0 Å². The lowest BCUT2D eigenvalue weighted by molar-refractivity contribution is -0.135. The van der Waals surface area contributed by atoms with E-state index in [4.69, 9.17) is 0 Å². The largest absolute Gasteiger partial charge is 0.391 e. The second-order valence-corrected chi connectivity index (χ2v) is 6.85. The van der Waals surface area contributed by atoms with Crippen molar-refractivity contribution in [3.8, 4) is 0 Å². The zero-order valence-corrected chi connectivity index (χ0v) is 13.0. The first-order valence-electron chi connectivity index (χ1n) is 8.13. The van der Waals surface area contributed by atoms with Crippen LogP contribution in [-0.2, 0) is 4.79 Å². The Labute approximate surface area is 127 Å². The molecule has 1 aromatic carbocycles. The van der Waals surface area contributed by atoms with E-state index in [0.717, 1.165) is 25.8 Å². The van der Waals surface area contributed by atoms with Gasteiger partial charge in [0.05, 0.1) is 6.10 Å². The maximum Gasteiger partial charge on any atom is 0.226 e. The maximum atomic E-state index is 12.5. The molecule has 1 aromatic rings. The summed E-state index contributed by atoms with van der Waals surface area (Å²) in [5, 5.41) is 9.70. The van der Waals surface area contributed by atoms with Crippen molar-refractivity contribution >= 4 is 5.91 Å². The van der Waals surface area contributed by atoms with E-state index in [1.165, 1.54) is 11.1 Å². The molecule has 3 rings (SSSR count). The Balaban J connectivity index is 1.61. The van der Waals surface area contributed by atoms with Crippen LogP contribution in [-0.4, -0.2) is 35.1 Å². The van der Waals surface area contributed by atoms with Crippen molar-refractivity contribution in [1.29, 1.82) is 0 Å². The predicted molar refractivity (Wildman–Crippen MR) is 83.2 cm³/mol. The molecule has 1 aliphatic carbocycles. The maximum absolute atomic E-state index is 12.5. The summed E-state index contributed by atoms with van der Waals surface area (Å²) >= 11 is 0. The SMILES string of the molecule is CC(C)c1ccc(C2CC2C(=O)N2CCCC(O)C2)cc1. The van der Waals surface area contributed by atoms with E-state index < -0.39 is 0 Å². The molecule has 3 unspecified atom stereocenters. The fourth-order valence-corrected chi connectivity index (χ4v) is 3.35. The van der Waals surface area contributed by atoms with Gasteiger partial charge in [0.2, 0.25) is 5.91 Å². The number of benzene rings is 1. The number of aliphatic hydroxyl groups excluding tert-OH is 1. The summed E-state index contributed by atoms with van der Waals surface area (Å²) in [7, 11) is 0. The summed E-state index contributed by atoms with van der Waals surface area (Å²) in [5.41, 5.74) is 2.64. The fraction of sp³-hybridized carbons (Fsp3) is 0.611. The molecule has 0 bridgehead atoms. The number of nitrogens with zero attached hydrogens (tertiary/aromatic N) is 1. The van der Waals surface area contributed by atoms with Gasteiger partial charge in [-0.3, -0.25) is 4.79 Å². The van der Waals surface area contributed by atoms with Crippen LogP contribution < -0.4 is 0 Å². The Morgan fingerprint density at radius 1 is 1.29 bits per heavy atom. The predicted octanol–water partition coefficient (Wildman–Crippen LogP) is 2.90. The molecular weight excluding hydrogens is 262 g/mol. The normalized spacial score (nSPS) is 28.8. The third-order valence-electron chi connectivity index (χ3n) is 4.85. The average Bonchev–Trinajstić information content (AvgIpc) is 3.27. The van der Waals surface area contributed by atoms with E-state index >= 15 is 0 Å². The number of carbonyl (C=O) groups is 1. The number of likely N-dealkylation sites (tertiary alicyclic amines) is 1. The number of rotatable bonds is 3. The smallest absolute Gasteiger partial charge is 0.226 e. The van der Waals surface area contributed by atoms with Gasteiger partial charge in [-0.15, -0.1) is 0 Å². The molecule has 1 amide bonds. The van der Waals surface area contributed by atoms with Gasteiger partial charge in [-0.2, -0.15) is 0 Å². The number of aliphatic hydroxyl groups is 1. The minimum absolute atomic E-state index is 0.139. The number of piperidine rings is 1. The van der Waals surface area contributed by atoms with Crippen LogP contribution in [0.2, 0.25) is 0 Å². The number of β-amino-alcohol motifs (C(OH)–C–C–N with tert-alkyl or cyclic N) is 1. The molecule has 0 aromatic heterocycles. The minimum atomic E-state index is -0.328. The van der Waals surface area contributed by atoms with Gasteiger partial charge in [-0.25, -0.2) is 0 Å². The molecule has 3 atom stereocenters. The van der Waals surface area contributed by atoms with E-state index in [2.05, 4.69) is 38.1 Å². The van der Waals surface area contributed by atoms with Crippen molar-refractivity contribution in [2.24, 2.45) is 5.92 Å². The third kappa shape index (κ3) is 3.13. The fourth-order valence-electron chi connectivity index (χ4n) is 3.35. The third-order valence-corrected chi connectivity index (χ3v) is 4.85. The van der Waals surface area contributed by atoms with Crippen LogP contribution in [0.1, 0.15) is 56.1 Å². The minimum Gasteiger partial charge on any atom is -0.391 e. The van der Waals surface area contributed by atoms with E-state index in [-0.39, 0.29) is 17.9 Å². The zero-order valence-electron chi connectivity index (χ0n) is 13.0. The Bertz CT molecular complexity index is 508. The van der Waals surface area contributed by atoms with Crippen LogP contribution >= 0.6 is 0 Å². The second kappa shape index (κ2) is 5.80. The van der Waals surface area contributed by atoms with Crippen LogP contribution in [0, 0.1) is 5.92 Å². The summed E-state index contributed by atoms with van der Waals surface area (Å²) in [6.45, 7) is 5.72. The Morgan fingerprint density at radius 2 is 2.00 bits per heavy atom. The van der Waals surface area contributed by atoms with E-state index in [1.54, 1.807) is 0 Å². The van der Waals surface area contributed by atoms with Crippen LogP contribution in [0.15, 0.2) is 24.3 Å². The summed E-state index contributed by atoms with van der Waals surface area (Å²) in [5.74, 6) is 1.31. The highest BCUT2D eigenvalue weighted by atomic mass is 16.3. The van der Waals surface area contributed by atoms with Crippen LogP contribution in [0.4, 0.5) is 0 Å². The molecule has 2 aliphatic rings. The monoisotopic (exact) mass is 287 g/mol. The molecule has 2 fully saturated rings. The molecule has 3 nitrogen and oxygen atoms in total. The standard InChI is InChI=1S/C18H25NO2/c1-12(2)13-5-7-14(8-6-13)16-10-17(16)18(21)19-9-3-4-15(20)11-19/h5-8,12,15-17,20H,3-4,9-11H2,1-2H3. The Hall–Kier alpha value is -1.35. The van der Waals surface area contributed by atoms with Crippen molar-refractivity contribution < 1.29 is 9.90 Å². The van der Waals surface area contributed by atoms with Gasteiger partial charge < -0.3 is 10.0 Å². The number of hydrogen-bond acceptors (Lipinski definition) is 2. The summed E-state index contributed by atoms with van der Waals surface area (Å²) in [6.07, 6.45) is 2.39. The molecule has 1 heterocycles. The molecule has 21 heavy (non-hydrogen) atoms. The first-order chi connectivity index (χ1) is 10.1. The lowest BCUT2D eigenvalue weighted by Crippen LogP contribution is -2.43. The van der Waals surface area contributed by atoms with Crippen molar-refractivity contribution in [1.82, 2.24) is 4.90 Å². The quantitative estimate of drug-likeness (QED) is 0.928. The molecule has 1 saturated carbocycles. The van der Waals surface area contributed by atoms with Gasteiger partial charge in [-0.05, 0) is 42.2 Å². The van der Waals surface area contributed by atoms with Crippen molar-refractivity contribution in [3.63, 3.8) is 0 Å². The van der Waals surface area contributed by atoms with E-state index in [1.807, 2.05) is 4.90 Å². The van der Waals surface area contributed by atoms with Gasteiger partial charge in [-0.1, -0.05) is 38.1 Å². The topological polar surface area (TPSA) is 40.5 Å². The first-order valence-corrected chi connectivity index (χ1v) is 8.13. The molecule has 0 spiro atoms. The molecule has 1 saturated heterocycles. The molecule has 1 aliphatic heterocycles. The molecule has 114 valence electrons. The molecular formula is C18H25NO2. The van der Waals surface area contributed by atoms with E-state index in [9.17, 15) is 9.90 Å². The number of hydrogen-bond donors (Lipinski definition) is 1.